The van der Waals surface area contributed by atoms with Gasteiger partial charge in [0.2, 0.25) is 0 Å². The molecule has 0 aliphatic heterocycles. The summed E-state index contributed by atoms with van der Waals surface area (Å²) >= 11 is 1.70. The van der Waals surface area contributed by atoms with Gasteiger partial charge in [0.15, 0.2) is 16.3 Å². The summed E-state index contributed by atoms with van der Waals surface area (Å²) in [6.45, 7) is 0. The van der Waals surface area contributed by atoms with Gasteiger partial charge in [0, 0.05) is 0 Å². The number of hydrogen-bond acceptors (Lipinski definition) is 1. The highest BCUT2D eigenvalue weighted by Gasteiger charge is 2.63. The Hall–Kier alpha value is -0.470. The average Bonchev–Trinajstić information content (AvgIpc) is 1.99. The Morgan fingerprint density at radius 3 is 1.62 bits per heavy atom. The third-order valence-electron chi connectivity index (χ3n) is 0.872. The standard InChI is InChI=1S/C4BrF7O/c5-13-2(7)1(6)3(8,9)4(10,11)12. The molecule has 0 aromatic carbocycles. The van der Waals surface area contributed by atoms with Gasteiger partial charge in [0.05, 0.1) is 0 Å². The maximum Gasteiger partial charge on any atom is 0.460 e. The average molecular weight is 277 g/mol. The van der Waals surface area contributed by atoms with Crippen LogP contribution in [0.4, 0.5) is 30.7 Å². The number of halogens is 8. The van der Waals surface area contributed by atoms with Crippen LogP contribution >= 0.6 is 16.3 Å². The summed E-state index contributed by atoms with van der Waals surface area (Å²) in [5.41, 5.74) is 0. The molecule has 0 aromatic heterocycles. The van der Waals surface area contributed by atoms with E-state index in [0.717, 1.165) is 0 Å². The van der Waals surface area contributed by atoms with Crippen molar-refractivity contribution in [1.29, 1.82) is 0 Å². The monoisotopic (exact) mass is 276 g/mol. The number of hydrogen-bond donors (Lipinski definition) is 0. The van der Waals surface area contributed by atoms with Crippen molar-refractivity contribution >= 4 is 16.3 Å². The van der Waals surface area contributed by atoms with Gasteiger partial charge in [0.25, 0.3) is 5.83 Å². The van der Waals surface area contributed by atoms with E-state index >= 15 is 0 Å². The molecule has 1 nitrogen and oxygen atoms in total. The summed E-state index contributed by atoms with van der Waals surface area (Å²) in [6.07, 6.45) is -6.21. The number of rotatable bonds is 2. The molecule has 0 atom stereocenters. The lowest BCUT2D eigenvalue weighted by atomic mass is 10.3. The minimum Gasteiger partial charge on any atom is -0.387 e. The van der Waals surface area contributed by atoms with Crippen LogP contribution < -0.4 is 0 Å². The third kappa shape index (κ3) is 2.48. The van der Waals surface area contributed by atoms with E-state index in [4.69, 9.17) is 0 Å². The van der Waals surface area contributed by atoms with Gasteiger partial charge < -0.3 is 3.83 Å². The van der Waals surface area contributed by atoms with Crippen molar-refractivity contribution in [2.45, 2.75) is 12.1 Å². The molecule has 0 amide bonds. The van der Waals surface area contributed by atoms with Gasteiger partial charge in [0.1, 0.15) is 0 Å². The fourth-order valence-corrected chi connectivity index (χ4v) is 0.424. The number of allylic oxidation sites excluding steroid dienone is 1. The van der Waals surface area contributed by atoms with Crippen LogP contribution in [0.2, 0.25) is 0 Å². The van der Waals surface area contributed by atoms with E-state index in [-0.39, 0.29) is 0 Å². The van der Waals surface area contributed by atoms with Crippen LogP contribution in [0.5, 0.6) is 0 Å². The Morgan fingerprint density at radius 1 is 1.00 bits per heavy atom. The second kappa shape index (κ2) is 3.72. The zero-order valence-corrected chi connectivity index (χ0v) is 7.02. The quantitative estimate of drug-likeness (QED) is 0.553. The molecule has 0 rings (SSSR count). The van der Waals surface area contributed by atoms with Crippen molar-refractivity contribution in [2.75, 3.05) is 0 Å². The molecule has 0 spiro atoms. The van der Waals surface area contributed by atoms with E-state index in [2.05, 4.69) is 3.83 Å². The van der Waals surface area contributed by atoms with Gasteiger partial charge in [-0.1, -0.05) is 0 Å². The molecular formula is C4BrF7O. The van der Waals surface area contributed by atoms with Gasteiger partial charge in [-0.25, -0.2) is 0 Å². The first kappa shape index (κ1) is 12.5. The van der Waals surface area contributed by atoms with E-state index in [1.54, 1.807) is 16.3 Å². The summed E-state index contributed by atoms with van der Waals surface area (Å²) in [7, 11) is 0. The van der Waals surface area contributed by atoms with Gasteiger partial charge >= 0.3 is 18.1 Å². The molecule has 0 fully saturated rings. The lowest BCUT2D eigenvalue weighted by Crippen LogP contribution is -2.37. The topological polar surface area (TPSA) is 9.23 Å². The minimum atomic E-state index is -6.21. The van der Waals surface area contributed by atoms with Crippen LogP contribution in [0.15, 0.2) is 11.8 Å². The van der Waals surface area contributed by atoms with Crippen LogP contribution in [-0.4, -0.2) is 12.1 Å². The Morgan fingerprint density at radius 2 is 1.38 bits per heavy atom. The highest BCUT2D eigenvalue weighted by Crippen LogP contribution is 2.43. The Kier molecular flexibility index (Phi) is 3.59. The molecule has 0 unspecified atom stereocenters. The fourth-order valence-electron chi connectivity index (χ4n) is 0.282. The molecule has 0 saturated heterocycles. The van der Waals surface area contributed by atoms with Crippen LogP contribution in [0.3, 0.4) is 0 Å². The van der Waals surface area contributed by atoms with Crippen molar-refractivity contribution in [3.05, 3.63) is 11.8 Å². The predicted molar refractivity (Wildman–Crippen MR) is 30.3 cm³/mol. The summed E-state index contributed by atoms with van der Waals surface area (Å²) in [5.74, 6) is -9.23. The van der Waals surface area contributed by atoms with Crippen molar-refractivity contribution in [3.8, 4) is 0 Å². The van der Waals surface area contributed by atoms with E-state index in [0.29, 0.717) is 0 Å². The van der Waals surface area contributed by atoms with Crippen LogP contribution in [0.1, 0.15) is 0 Å². The molecule has 0 aliphatic carbocycles. The first-order valence-electron chi connectivity index (χ1n) is 2.43. The summed E-state index contributed by atoms with van der Waals surface area (Å²) in [6, 6.07) is -2.68. The van der Waals surface area contributed by atoms with Crippen LogP contribution in [-0.2, 0) is 3.83 Å². The smallest absolute Gasteiger partial charge is 0.387 e. The third-order valence-corrected chi connectivity index (χ3v) is 1.16. The minimum absolute atomic E-state index is 1.70. The van der Waals surface area contributed by atoms with Crippen LogP contribution in [0, 0.1) is 0 Å². The van der Waals surface area contributed by atoms with E-state index < -0.39 is 23.9 Å². The summed E-state index contributed by atoms with van der Waals surface area (Å²) in [5, 5.41) is 0. The first-order chi connectivity index (χ1) is 5.64. The van der Waals surface area contributed by atoms with Gasteiger partial charge in [-0.05, 0) is 0 Å². The molecule has 13 heavy (non-hydrogen) atoms. The molecule has 78 valence electrons. The Bertz CT molecular complexity index is 219. The molecule has 0 heterocycles. The van der Waals surface area contributed by atoms with Gasteiger partial charge in [-0.3, -0.25) is 0 Å². The SMILES string of the molecule is FC(OBr)=C(F)C(F)(F)C(F)(F)F. The van der Waals surface area contributed by atoms with Crippen LogP contribution in [0.25, 0.3) is 0 Å². The van der Waals surface area contributed by atoms with E-state index in [9.17, 15) is 30.7 Å². The Balaban J connectivity index is 5.07. The zero-order chi connectivity index (χ0) is 10.9. The second-order valence-electron chi connectivity index (χ2n) is 1.74. The largest absolute Gasteiger partial charge is 0.460 e. The van der Waals surface area contributed by atoms with Gasteiger partial charge in [-0.15, -0.1) is 0 Å². The van der Waals surface area contributed by atoms with E-state index in [1.807, 2.05) is 0 Å². The maximum atomic E-state index is 12.0. The highest BCUT2D eigenvalue weighted by atomic mass is 79.9. The fraction of sp³-hybridized carbons (Fsp3) is 0.500. The normalized spacial score (nSPS) is 15.4. The second-order valence-corrected chi connectivity index (χ2v) is 2.06. The van der Waals surface area contributed by atoms with Crippen molar-refractivity contribution < 1.29 is 34.6 Å². The molecule has 9 heteroatoms. The molecule has 0 saturated carbocycles. The summed E-state index contributed by atoms with van der Waals surface area (Å²) < 4.78 is 84.5. The molecule has 0 N–H and O–H groups in total. The maximum absolute atomic E-state index is 12.0. The summed E-state index contributed by atoms with van der Waals surface area (Å²) in [4.78, 5) is 0. The molecule has 0 aromatic rings. The zero-order valence-electron chi connectivity index (χ0n) is 5.43. The highest BCUT2D eigenvalue weighted by molar-refractivity contribution is 9.06. The van der Waals surface area contributed by atoms with Crippen molar-refractivity contribution in [2.24, 2.45) is 0 Å². The molecular weight excluding hydrogens is 277 g/mol. The lowest BCUT2D eigenvalue weighted by molar-refractivity contribution is -0.272. The Labute approximate surface area is 75.6 Å². The predicted octanol–water partition coefficient (Wildman–Crippen LogP) is 3.62. The van der Waals surface area contributed by atoms with E-state index in [1.165, 1.54) is 0 Å². The van der Waals surface area contributed by atoms with Gasteiger partial charge in [-0.2, -0.15) is 30.7 Å². The number of alkyl halides is 5. The molecule has 0 aliphatic rings. The van der Waals surface area contributed by atoms with Crippen molar-refractivity contribution in [3.63, 3.8) is 0 Å². The first-order valence-corrected chi connectivity index (χ1v) is 3.08. The lowest BCUT2D eigenvalue weighted by Gasteiger charge is -2.16. The van der Waals surface area contributed by atoms with Crippen molar-refractivity contribution in [1.82, 2.24) is 0 Å². The molecule has 0 bridgehead atoms. The molecule has 0 radical (unpaired) electrons.